The zero-order chi connectivity index (χ0) is 61.1. The summed E-state index contributed by atoms with van der Waals surface area (Å²) in [5, 5.41) is 6.71. The van der Waals surface area contributed by atoms with Gasteiger partial charge in [-0.1, -0.05) is 104 Å². The Labute approximate surface area is 503 Å². The van der Waals surface area contributed by atoms with Crippen molar-refractivity contribution < 1.29 is 46.7 Å². The first kappa shape index (κ1) is 69.0. The molecule has 0 saturated heterocycles. The number of hydrogen-bond donors (Lipinski definition) is 2. The molecule has 2 amide bonds. The largest absolute Gasteiger partial charge is 0.494 e. The second kappa shape index (κ2) is 33.7. The Morgan fingerprint density at radius 2 is 0.940 bits per heavy atom. The van der Waals surface area contributed by atoms with Crippen molar-refractivity contribution in [2.45, 2.75) is 126 Å². The molecule has 14 nitrogen and oxygen atoms in total. The first-order valence-electron chi connectivity index (χ1n) is 28.0. The number of benzene rings is 4. The van der Waals surface area contributed by atoms with E-state index in [2.05, 4.69) is 79.5 Å². The summed E-state index contributed by atoms with van der Waals surface area (Å²) in [5.74, 6) is 11.1. The second-order valence-electron chi connectivity index (χ2n) is 21.7. The highest BCUT2D eigenvalue weighted by molar-refractivity contribution is 9.10. The highest BCUT2D eigenvalue weighted by Crippen LogP contribution is 2.45. The SMILES string of the molecule is CC(C)(C)OC(=O)NCCCOc1ccc(C#C[Si](C)(C)C)cc1.CCOP(=O)(c1ccccc1)c1cc(Br)cc(CC)n1.CCOP(=O)(c1ccccc1)c1cc(C#Cc2ccc(OCCCNC(=O)OC(C)(C)C)cc2)cc(CC)n1. The van der Waals surface area contributed by atoms with Crippen LogP contribution < -0.4 is 41.6 Å². The lowest BCUT2D eigenvalue weighted by molar-refractivity contribution is 0.0513. The molecule has 0 aliphatic heterocycles. The molecule has 6 aromatic rings. The average molecular weight is 1250 g/mol. The predicted octanol–water partition coefficient (Wildman–Crippen LogP) is 13.5. The number of aromatic nitrogens is 2. The Hall–Kier alpha value is -6.48. The molecule has 0 bridgehead atoms. The highest BCUT2D eigenvalue weighted by Gasteiger charge is 2.32. The number of halogens is 1. The lowest BCUT2D eigenvalue weighted by Crippen LogP contribution is -2.33. The van der Waals surface area contributed by atoms with Crippen LogP contribution in [0.15, 0.2) is 138 Å². The molecule has 0 fully saturated rings. The van der Waals surface area contributed by atoms with Gasteiger partial charge in [-0.15, -0.1) is 5.54 Å². The third kappa shape index (κ3) is 25.5. The van der Waals surface area contributed by atoms with Crippen LogP contribution in [0.25, 0.3) is 0 Å². The van der Waals surface area contributed by atoms with E-state index >= 15 is 0 Å². The number of alkyl carbamates (subject to hydrolysis) is 2. The molecule has 2 atom stereocenters. The Kier molecular flexibility index (Phi) is 28.0. The van der Waals surface area contributed by atoms with E-state index in [0.29, 0.717) is 73.8 Å². The van der Waals surface area contributed by atoms with E-state index in [1.807, 2.05) is 191 Å². The summed E-state index contributed by atoms with van der Waals surface area (Å²) in [6, 6.07) is 41.1. The van der Waals surface area contributed by atoms with Gasteiger partial charge in [0.1, 0.15) is 41.6 Å². The summed E-state index contributed by atoms with van der Waals surface area (Å²) in [6.45, 7) is 28.0. The number of amides is 2. The van der Waals surface area contributed by atoms with Crippen molar-refractivity contribution in [2.75, 3.05) is 39.5 Å². The molecule has 2 aromatic heterocycles. The van der Waals surface area contributed by atoms with Crippen LogP contribution in [0.5, 0.6) is 11.5 Å². The lowest BCUT2D eigenvalue weighted by atomic mass is 10.1. The molecule has 0 spiro atoms. The molecule has 4 aromatic carbocycles. The predicted molar refractivity (Wildman–Crippen MR) is 343 cm³/mol. The molecule has 0 saturated carbocycles. The van der Waals surface area contributed by atoms with Gasteiger partial charge in [0.15, 0.2) is 0 Å². The van der Waals surface area contributed by atoms with Gasteiger partial charge in [-0.25, -0.2) is 19.6 Å². The molecular formula is C65H83BrN4O10P2Si. The summed E-state index contributed by atoms with van der Waals surface area (Å²) < 4.78 is 61.4. The van der Waals surface area contributed by atoms with Crippen LogP contribution in [0, 0.1) is 23.3 Å². The van der Waals surface area contributed by atoms with Crippen molar-refractivity contribution in [3.8, 4) is 34.8 Å². The number of carbonyl (C=O) groups is 2. The van der Waals surface area contributed by atoms with Crippen molar-refractivity contribution in [1.29, 1.82) is 0 Å². The number of nitrogens with zero attached hydrogens (tertiary/aromatic N) is 2. The molecule has 444 valence electrons. The third-order valence-electron chi connectivity index (χ3n) is 11.0. The summed E-state index contributed by atoms with van der Waals surface area (Å²) in [5.41, 5.74) is 7.51. The lowest BCUT2D eigenvalue weighted by Gasteiger charge is -2.19. The van der Waals surface area contributed by atoms with Gasteiger partial charge >= 0.3 is 12.2 Å². The summed E-state index contributed by atoms with van der Waals surface area (Å²) in [7, 11) is -7.83. The van der Waals surface area contributed by atoms with E-state index in [1.54, 1.807) is 12.1 Å². The quantitative estimate of drug-likeness (QED) is 0.0321. The van der Waals surface area contributed by atoms with Crippen molar-refractivity contribution in [3.63, 3.8) is 0 Å². The van der Waals surface area contributed by atoms with Gasteiger partial charge in [0.2, 0.25) is 0 Å². The molecule has 2 heterocycles. The number of pyridine rings is 2. The van der Waals surface area contributed by atoms with E-state index in [4.69, 9.17) is 28.0 Å². The molecular weight excluding hydrogens is 1170 g/mol. The standard InChI is InChI=1S/C31H37N2O5P.C19H29NO3Si.C15H17BrNO2P/c1-6-26-22-25(23-29(33-26)39(35,37-7-2)28-12-9-8-10-13-28)15-14-24-16-18-27(19-17-24)36-21-11-20-32-30(34)38-31(3,4)5;1-19(2,3)23-18(21)20-13-7-14-22-17-10-8-16(9-11-17)12-15-24(4,5)6;1-3-13-10-12(16)11-15(17-13)20(18,19-4-2)14-8-6-5-7-9-14/h8-10,12-13,16-19,22-23H,6-7,11,20-21H2,1-5H3,(H,32,34);8-11H,7,13-14H2,1-6H3,(H,20,21);5-11H,3-4H2,1-2H3. The fourth-order valence-electron chi connectivity index (χ4n) is 7.21. The minimum atomic E-state index is -3.35. The Morgan fingerprint density at radius 3 is 1.34 bits per heavy atom. The molecule has 2 N–H and O–H groups in total. The van der Waals surface area contributed by atoms with Crippen LogP contribution in [0.2, 0.25) is 19.6 Å². The van der Waals surface area contributed by atoms with Crippen molar-refractivity contribution in [1.82, 2.24) is 20.6 Å². The number of carbonyl (C=O) groups excluding carboxylic acids is 2. The van der Waals surface area contributed by atoms with Gasteiger partial charge in [-0.05, 0) is 178 Å². The van der Waals surface area contributed by atoms with E-state index in [1.165, 1.54) is 0 Å². The van der Waals surface area contributed by atoms with Crippen LogP contribution in [0.3, 0.4) is 0 Å². The molecule has 18 heteroatoms. The molecule has 83 heavy (non-hydrogen) atoms. The van der Waals surface area contributed by atoms with Crippen molar-refractivity contribution in [2.24, 2.45) is 0 Å². The fourth-order valence-corrected chi connectivity index (χ4v) is 12.5. The summed E-state index contributed by atoms with van der Waals surface area (Å²) in [6.07, 6.45) is 2.01. The Balaban J connectivity index is 0.000000288. The zero-order valence-corrected chi connectivity index (χ0v) is 54.9. The van der Waals surface area contributed by atoms with Crippen LogP contribution in [-0.2, 0) is 40.5 Å². The van der Waals surface area contributed by atoms with Crippen LogP contribution in [-0.4, -0.2) is 80.9 Å². The molecule has 0 aliphatic carbocycles. The van der Waals surface area contributed by atoms with E-state index in [0.717, 1.165) is 56.9 Å². The van der Waals surface area contributed by atoms with E-state index < -0.39 is 46.2 Å². The maximum Gasteiger partial charge on any atom is 0.407 e. The summed E-state index contributed by atoms with van der Waals surface area (Å²) in [4.78, 5) is 32.3. The number of ether oxygens (including phenoxy) is 4. The summed E-state index contributed by atoms with van der Waals surface area (Å²) >= 11 is 3.45. The van der Waals surface area contributed by atoms with Crippen molar-refractivity contribution in [3.05, 3.63) is 166 Å². The maximum absolute atomic E-state index is 14.0. The van der Waals surface area contributed by atoms with Gasteiger partial charge in [-0.3, -0.25) is 9.13 Å². The normalized spacial score (nSPS) is 12.5. The zero-order valence-electron chi connectivity index (χ0n) is 50.5. The second-order valence-corrected chi connectivity index (χ2v) is 32.1. The van der Waals surface area contributed by atoms with Crippen LogP contribution in [0.1, 0.15) is 110 Å². The number of nitrogens with one attached hydrogen (secondary N) is 2. The molecule has 6 rings (SSSR count). The number of rotatable bonds is 20. The molecule has 2 unspecified atom stereocenters. The monoisotopic (exact) mass is 1250 g/mol. The van der Waals surface area contributed by atoms with Gasteiger partial charge in [0.25, 0.3) is 14.7 Å². The minimum Gasteiger partial charge on any atom is -0.494 e. The van der Waals surface area contributed by atoms with Crippen LogP contribution >= 0.6 is 30.7 Å². The fraction of sp³-hybridized carbons (Fsp3) is 0.385. The van der Waals surface area contributed by atoms with Gasteiger partial charge in [-0.2, -0.15) is 0 Å². The number of hydrogen-bond acceptors (Lipinski definition) is 12. The Morgan fingerprint density at radius 1 is 0.542 bits per heavy atom. The third-order valence-corrected chi connectivity index (χ3v) is 17.2. The number of aryl methyl sites for hydroxylation is 2. The maximum atomic E-state index is 14.0. The molecule has 0 radical (unpaired) electrons. The first-order valence-corrected chi connectivity index (χ1v) is 35.6. The Bertz CT molecular complexity index is 3220. The van der Waals surface area contributed by atoms with Gasteiger partial charge in [0.05, 0.1) is 26.4 Å². The van der Waals surface area contributed by atoms with Gasteiger partial charge < -0.3 is 38.6 Å². The van der Waals surface area contributed by atoms with Crippen molar-refractivity contribution >= 4 is 72.4 Å². The highest BCUT2D eigenvalue weighted by atomic mass is 79.9. The van der Waals surface area contributed by atoms with E-state index in [-0.39, 0.29) is 0 Å². The molecule has 0 aliphatic rings. The topological polar surface area (TPSA) is 174 Å². The first-order chi connectivity index (χ1) is 39.3. The van der Waals surface area contributed by atoms with Crippen LogP contribution in [0.4, 0.5) is 9.59 Å². The van der Waals surface area contributed by atoms with Gasteiger partial charge in [0, 0.05) is 56.2 Å². The average Bonchev–Trinajstić information content (AvgIpc) is 2.92. The minimum absolute atomic E-state index is 0.305. The van der Waals surface area contributed by atoms with E-state index in [9.17, 15) is 18.7 Å². The smallest absolute Gasteiger partial charge is 0.407 e.